The number of unbranched alkanes of at least 4 members (excludes halogenated alkanes) is 4. The van der Waals surface area contributed by atoms with Crippen LogP contribution in [-0.2, 0) is 0 Å². The Labute approximate surface area is 172 Å². The monoisotopic (exact) mass is 389 g/mol. The lowest BCUT2D eigenvalue weighted by atomic mass is 9.90. The second-order valence-electron chi connectivity index (χ2n) is 9.57. The molecule has 5 atom stereocenters. The van der Waals surface area contributed by atoms with Crippen LogP contribution in [-0.4, -0.2) is 47.0 Å². The molecular weight excluding hydrogens is 346 g/mol. The average Bonchev–Trinajstić information content (AvgIpc) is 3.37. The Bertz CT molecular complexity index is 509. The van der Waals surface area contributed by atoms with Gasteiger partial charge in [-0.15, -0.1) is 0 Å². The van der Waals surface area contributed by atoms with Crippen LogP contribution in [0.15, 0.2) is 23.8 Å². The number of likely N-dealkylation sites (tertiary alicyclic amines) is 1. The number of hydrogen-bond acceptors (Lipinski definition) is 3. The highest BCUT2D eigenvalue weighted by molar-refractivity contribution is 5.18. The number of aliphatic hydroxyl groups is 2. The molecule has 1 saturated heterocycles. The highest BCUT2D eigenvalue weighted by Gasteiger charge is 2.44. The summed E-state index contributed by atoms with van der Waals surface area (Å²) in [4.78, 5) is 2.61. The van der Waals surface area contributed by atoms with Gasteiger partial charge < -0.3 is 15.1 Å². The van der Waals surface area contributed by atoms with Gasteiger partial charge in [-0.05, 0) is 89.3 Å². The molecule has 0 aromatic heterocycles. The Morgan fingerprint density at radius 1 is 1.11 bits per heavy atom. The maximum Gasteiger partial charge on any atom is 0.0721 e. The predicted molar refractivity (Wildman–Crippen MR) is 117 cm³/mol. The molecule has 0 radical (unpaired) electrons. The van der Waals surface area contributed by atoms with Gasteiger partial charge in [0.2, 0.25) is 0 Å². The van der Waals surface area contributed by atoms with Gasteiger partial charge in [-0.25, -0.2) is 0 Å². The number of rotatable bonds is 11. The van der Waals surface area contributed by atoms with Crippen LogP contribution in [0, 0.1) is 17.8 Å². The fraction of sp³-hybridized carbons (Fsp3) is 0.840. The molecule has 1 aliphatic heterocycles. The fourth-order valence-corrected chi connectivity index (χ4v) is 5.69. The third-order valence-corrected chi connectivity index (χ3v) is 7.33. The predicted octanol–water partition coefficient (Wildman–Crippen LogP) is 5.08. The first-order valence-electron chi connectivity index (χ1n) is 12.1. The van der Waals surface area contributed by atoms with Crippen molar-refractivity contribution in [2.45, 2.75) is 96.2 Å². The molecule has 0 spiro atoms. The molecule has 160 valence electrons. The third-order valence-electron chi connectivity index (χ3n) is 7.33. The van der Waals surface area contributed by atoms with E-state index in [0.717, 1.165) is 25.7 Å². The van der Waals surface area contributed by atoms with Gasteiger partial charge in [-0.1, -0.05) is 50.0 Å². The fourth-order valence-electron chi connectivity index (χ4n) is 5.69. The van der Waals surface area contributed by atoms with E-state index in [2.05, 4.69) is 24.0 Å². The van der Waals surface area contributed by atoms with Crippen LogP contribution in [0.25, 0.3) is 0 Å². The van der Waals surface area contributed by atoms with E-state index in [1.807, 2.05) is 6.08 Å². The van der Waals surface area contributed by atoms with Crippen molar-refractivity contribution in [3.63, 3.8) is 0 Å². The van der Waals surface area contributed by atoms with Crippen molar-refractivity contribution in [1.82, 2.24) is 4.90 Å². The Balaban J connectivity index is 1.39. The molecule has 0 unspecified atom stereocenters. The minimum atomic E-state index is -0.343. The SMILES string of the molecule is CCCCC[C@H](O)/C=C/[C@@H]1[C@H]2CC(=CCCCCN3CCCC3)C[C@H]2C[C@H]1O. The lowest BCUT2D eigenvalue weighted by molar-refractivity contribution is 0.139. The van der Waals surface area contributed by atoms with Gasteiger partial charge in [0.25, 0.3) is 0 Å². The van der Waals surface area contributed by atoms with Crippen molar-refractivity contribution < 1.29 is 10.2 Å². The molecule has 3 fully saturated rings. The van der Waals surface area contributed by atoms with Gasteiger partial charge >= 0.3 is 0 Å². The van der Waals surface area contributed by atoms with Crippen molar-refractivity contribution in [2.24, 2.45) is 17.8 Å². The molecule has 2 saturated carbocycles. The Kier molecular flexibility index (Phi) is 9.07. The van der Waals surface area contributed by atoms with Crippen LogP contribution in [0.5, 0.6) is 0 Å². The third kappa shape index (κ3) is 6.43. The molecule has 3 heteroatoms. The summed E-state index contributed by atoms with van der Waals surface area (Å²) in [5.41, 5.74) is 1.63. The lowest BCUT2D eigenvalue weighted by Crippen LogP contribution is -2.20. The summed E-state index contributed by atoms with van der Waals surface area (Å²) in [6, 6.07) is 0. The van der Waals surface area contributed by atoms with Crippen LogP contribution < -0.4 is 0 Å². The highest BCUT2D eigenvalue weighted by atomic mass is 16.3. The van der Waals surface area contributed by atoms with Crippen LogP contribution in [0.1, 0.15) is 84.0 Å². The number of allylic oxidation sites excluding steroid dienone is 2. The largest absolute Gasteiger partial charge is 0.392 e. The van der Waals surface area contributed by atoms with E-state index < -0.39 is 0 Å². The van der Waals surface area contributed by atoms with Crippen molar-refractivity contribution in [3.8, 4) is 0 Å². The van der Waals surface area contributed by atoms with E-state index in [1.165, 1.54) is 71.0 Å². The van der Waals surface area contributed by atoms with Crippen LogP contribution in [0.3, 0.4) is 0 Å². The summed E-state index contributed by atoms with van der Waals surface area (Å²) < 4.78 is 0. The first-order chi connectivity index (χ1) is 13.7. The van der Waals surface area contributed by atoms with E-state index >= 15 is 0 Å². The first kappa shape index (κ1) is 22.1. The Hall–Kier alpha value is -0.640. The van der Waals surface area contributed by atoms with Gasteiger partial charge in [0.05, 0.1) is 12.2 Å². The molecule has 3 rings (SSSR count). The summed E-state index contributed by atoms with van der Waals surface area (Å²) in [5.74, 6) is 1.48. The van der Waals surface area contributed by atoms with Gasteiger partial charge in [0, 0.05) is 5.92 Å². The maximum atomic E-state index is 10.5. The van der Waals surface area contributed by atoms with E-state index in [9.17, 15) is 10.2 Å². The molecule has 0 bridgehead atoms. The number of hydrogen-bond donors (Lipinski definition) is 2. The number of fused-ring (bicyclic) bond motifs is 1. The Morgan fingerprint density at radius 3 is 2.71 bits per heavy atom. The minimum absolute atomic E-state index is 0.212. The van der Waals surface area contributed by atoms with Gasteiger partial charge in [-0.2, -0.15) is 0 Å². The molecule has 3 nitrogen and oxygen atoms in total. The molecule has 2 N–H and O–H groups in total. The zero-order valence-electron chi connectivity index (χ0n) is 18.1. The lowest BCUT2D eigenvalue weighted by Gasteiger charge is -2.18. The van der Waals surface area contributed by atoms with Crippen molar-refractivity contribution in [3.05, 3.63) is 23.8 Å². The second kappa shape index (κ2) is 11.5. The van der Waals surface area contributed by atoms with E-state index in [-0.39, 0.29) is 18.1 Å². The summed E-state index contributed by atoms with van der Waals surface area (Å²) in [6.45, 7) is 6.11. The Morgan fingerprint density at radius 2 is 1.93 bits per heavy atom. The van der Waals surface area contributed by atoms with Crippen LogP contribution in [0.4, 0.5) is 0 Å². The number of aliphatic hydroxyl groups excluding tert-OH is 2. The van der Waals surface area contributed by atoms with Crippen molar-refractivity contribution >= 4 is 0 Å². The van der Waals surface area contributed by atoms with E-state index in [4.69, 9.17) is 0 Å². The molecule has 0 aromatic rings. The summed E-state index contributed by atoms with van der Waals surface area (Å²) in [7, 11) is 0. The molecule has 2 aliphatic carbocycles. The van der Waals surface area contributed by atoms with Crippen molar-refractivity contribution in [2.75, 3.05) is 19.6 Å². The normalized spacial score (nSPS) is 33.3. The highest BCUT2D eigenvalue weighted by Crippen LogP contribution is 2.50. The standard InChI is InChI=1S/C25H43NO2/c1-2-3-5-11-22(27)12-13-23-24-18-20(17-21(24)19-25(23)28)10-6-4-7-14-26-15-8-9-16-26/h10,12-13,21-25,27-28H,2-9,11,14-19H2,1H3/b13-12+,20-10?/t21-,22-,23+,24-,25+/m0/s1. The first-order valence-corrected chi connectivity index (χ1v) is 12.1. The molecule has 1 heterocycles. The summed E-state index contributed by atoms with van der Waals surface area (Å²) in [6.07, 6.45) is 20.3. The summed E-state index contributed by atoms with van der Waals surface area (Å²) in [5, 5.41) is 20.7. The van der Waals surface area contributed by atoms with Crippen molar-refractivity contribution in [1.29, 1.82) is 0 Å². The topological polar surface area (TPSA) is 43.7 Å². The van der Waals surface area contributed by atoms with Gasteiger partial charge in [0.1, 0.15) is 0 Å². The maximum absolute atomic E-state index is 10.5. The summed E-state index contributed by atoms with van der Waals surface area (Å²) >= 11 is 0. The van der Waals surface area contributed by atoms with E-state index in [0.29, 0.717) is 11.8 Å². The zero-order chi connectivity index (χ0) is 19.8. The molecule has 3 aliphatic rings. The molecule has 0 amide bonds. The smallest absolute Gasteiger partial charge is 0.0721 e. The van der Waals surface area contributed by atoms with E-state index in [1.54, 1.807) is 5.57 Å². The minimum Gasteiger partial charge on any atom is -0.392 e. The van der Waals surface area contributed by atoms with Crippen LogP contribution >= 0.6 is 0 Å². The second-order valence-corrected chi connectivity index (χ2v) is 9.57. The molecule has 28 heavy (non-hydrogen) atoms. The quantitative estimate of drug-likeness (QED) is 0.382. The van der Waals surface area contributed by atoms with Crippen LogP contribution in [0.2, 0.25) is 0 Å². The van der Waals surface area contributed by atoms with Gasteiger partial charge in [-0.3, -0.25) is 0 Å². The zero-order valence-corrected chi connectivity index (χ0v) is 18.1. The molecule has 0 aromatic carbocycles. The number of nitrogens with zero attached hydrogens (tertiary/aromatic N) is 1. The van der Waals surface area contributed by atoms with Gasteiger partial charge in [0.15, 0.2) is 0 Å². The molecular formula is C25H43NO2. The average molecular weight is 390 g/mol.